The minimum Gasteiger partial charge on any atom is -0.464 e. The first-order valence-electron chi connectivity index (χ1n) is 10.00. The van der Waals surface area contributed by atoms with Crippen molar-refractivity contribution in [3.05, 3.63) is 39.4 Å². The summed E-state index contributed by atoms with van der Waals surface area (Å²) in [6.45, 7) is 9.70. The van der Waals surface area contributed by atoms with Gasteiger partial charge in [-0.1, -0.05) is 23.2 Å². The van der Waals surface area contributed by atoms with E-state index in [0.717, 1.165) is 30.3 Å². The number of nitrogen functional groups attached to an aromatic ring is 1. The predicted molar refractivity (Wildman–Crippen MR) is 128 cm³/mol. The highest BCUT2D eigenvalue weighted by atomic mass is 35.5. The van der Waals surface area contributed by atoms with Gasteiger partial charge in [0.05, 0.1) is 17.2 Å². The number of ether oxygens (including phenoxy) is 2. The number of rotatable bonds is 8. The summed E-state index contributed by atoms with van der Waals surface area (Å²) >= 11 is 13.0. The molecule has 2 aromatic carbocycles. The molecule has 31 heavy (non-hydrogen) atoms. The molecule has 0 saturated carbocycles. The van der Waals surface area contributed by atoms with Gasteiger partial charge in [-0.25, -0.2) is 0 Å². The van der Waals surface area contributed by atoms with Gasteiger partial charge in [-0.2, -0.15) is 9.97 Å². The number of hydrogen-bond acceptors (Lipinski definition) is 7. The first-order chi connectivity index (χ1) is 14.8. The fraction of sp³-hybridized carbons (Fsp3) is 0.318. The summed E-state index contributed by atoms with van der Waals surface area (Å²) in [5.74, 6) is 1.35. The van der Waals surface area contributed by atoms with E-state index in [2.05, 4.69) is 14.9 Å². The molecular weight excluding hydrogens is 437 g/mol. The van der Waals surface area contributed by atoms with Gasteiger partial charge in [0.1, 0.15) is 11.3 Å². The van der Waals surface area contributed by atoms with Crippen molar-refractivity contribution in [1.29, 1.82) is 5.41 Å². The Balaban J connectivity index is 2.31. The van der Waals surface area contributed by atoms with E-state index in [1.165, 1.54) is 0 Å². The molecule has 164 valence electrons. The highest BCUT2D eigenvalue weighted by Gasteiger charge is 2.21. The molecular formula is C22H25Cl2N5O2. The van der Waals surface area contributed by atoms with Crippen molar-refractivity contribution in [1.82, 2.24) is 9.97 Å². The van der Waals surface area contributed by atoms with Crippen LogP contribution in [0.4, 0.5) is 11.5 Å². The number of benzene rings is 2. The number of nitrogens with zero attached hydrogens (tertiary/aromatic N) is 3. The van der Waals surface area contributed by atoms with Gasteiger partial charge in [0.2, 0.25) is 0 Å². The molecule has 3 N–H and O–H groups in total. The minimum atomic E-state index is 0.242. The first kappa shape index (κ1) is 22.9. The van der Waals surface area contributed by atoms with Crippen LogP contribution in [0.25, 0.3) is 10.9 Å². The van der Waals surface area contributed by atoms with Crippen molar-refractivity contribution < 1.29 is 9.47 Å². The Morgan fingerprint density at radius 3 is 2.45 bits per heavy atom. The first-order valence-corrected chi connectivity index (χ1v) is 10.8. The Kier molecular flexibility index (Phi) is 7.08. The van der Waals surface area contributed by atoms with Crippen molar-refractivity contribution in [2.75, 3.05) is 30.3 Å². The molecule has 0 aliphatic carbocycles. The largest absolute Gasteiger partial charge is 0.464 e. The SMILES string of the molecule is CCOc1nc(N(CC)CC)c2cc(Cl)cc(Oc3c(Cl)c(C)cc(N)c3C=N)c2n1. The number of fused-ring (bicyclic) bond motifs is 1. The van der Waals surface area contributed by atoms with Crippen LogP contribution in [0.1, 0.15) is 31.9 Å². The Bertz CT molecular complexity index is 1130. The molecule has 0 bridgehead atoms. The smallest absolute Gasteiger partial charge is 0.319 e. The number of anilines is 2. The van der Waals surface area contributed by atoms with Crippen molar-refractivity contribution in [3.8, 4) is 17.5 Å². The monoisotopic (exact) mass is 461 g/mol. The Morgan fingerprint density at radius 2 is 1.84 bits per heavy atom. The number of nitrogens with two attached hydrogens (primary N) is 1. The summed E-state index contributed by atoms with van der Waals surface area (Å²) in [5, 5.41) is 9.32. The lowest BCUT2D eigenvalue weighted by Gasteiger charge is -2.23. The second kappa shape index (κ2) is 9.58. The van der Waals surface area contributed by atoms with E-state index < -0.39 is 0 Å². The summed E-state index contributed by atoms with van der Waals surface area (Å²) in [5.41, 5.74) is 8.13. The second-order valence-corrected chi connectivity index (χ2v) is 7.64. The molecule has 3 aromatic rings. The summed E-state index contributed by atoms with van der Waals surface area (Å²) < 4.78 is 11.8. The molecule has 0 atom stereocenters. The zero-order valence-electron chi connectivity index (χ0n) is 17.9. The van der Waals surface area contributed by atoms with Crippen LogP contribution in [0.2, 0.25) is 10.0 Å². The van der Waals surface area contributed by atoms with E-state index >= 15 is 0 Å². The number of nitrogens with one attached hydrogen (secondary N) is 1. The molecule has 0 aliphatic heterocycles. The molecule has 0 amide bonds. The Labute approximate surface area is 191 Å². The van der Waals surface area contributed by atoms with Gasteiger partial charge in [0, 0.05) is 41.5 Å². The van der Waals surface area contributed by atoms with Crippen LogP contribution >= 0.6 is 23.2 Å². The molecule has 1 heterocycles. The summed E-state index contributed by atoms with van der Waals surface area (Å²) in [4.78, 5) is 11.3. The van der Waals surface area contributed by atoms with Gasteiger partial charge in [-0.15, -0.1) is 0 Å². The van der Waals surface area contributed by atoms with Gasteiger partial charge >= 0.3 is 6.01 Å². The average Bonchev–Trinajstić information content (AvgIpc) is 2.73. The predicted octanol–water partition coefficient (Wildman–Crippen LogP) is 5.86. The summed E-state index contributed by atoms with van der Waals surface area (Å²) in [6, 6.07) is 5.41. The lowest BCUT2D eigenvalue weighted by molar-refractivity contribution is 0.314. The van der Waals surface area contributed by atoms with Crippen LogP contribution in [0.5, 0.6) is 17.5 Å². The minimum absolute atomic E-state index is 0.242. The van der Waals surface area contributed by atoms with Crippen LogP contribution in [-0.4, -0.2) is 35.9 Å². The third kappa shape index (κ3) is 4.48. The summed E-state index contributed by atoms with van der Waals surface area (Å²) in [6.07, 6.45) is 1.12. The van der Waals surface area contributed by atoms with E-state index in [4.69, 9.17) is 43.8 Å². The van der Waals surface area contributed by atoms with Gasteiger partial charge < -0.3 is 25.5 Å². The zero-order valence-corrected chi connectivity index (χ0v) is 19.4. The average molecular weight is 462 g/mol. The molecule has 0 aliphatic rings. The fourth-order valence-corrected chi connectivity index (χ4v) is 3.73. The molecule has 0 unspecified atom stereocenters. The summed E-state index contributed by atoms with van der Waals surface area (Å²) in [7, 11) is 0. The Hall–Kier alpha value is -2.77. The van der Waals surface area contributed by atoms with Crippen molar-refractivity contribution in [3.63, 3.8) is 0 Å². The van der Waals surface area contributed by atoms with Gasteiger partial charge in [-0.05, 0) is 45.4 Å². The van der Waals surface area contributed by atoms with Crippen molar-refractivity contribution in [2.45, 2.75) is 27.7 Å². The van der Waals surface area contributed by atoms with Gasteiger partial charge in [0.25, 0.3) is 0 Å². The molecule has 9 heteroatoms. The molecule has 0 radical (unpaired) electrons. The zero-order chi connectivity index (χ0) is 22.7. The Morgan fingerprint density at radius 1 is 1.13 bits per heavy atom. The molecule has 1 aromatic heterocycles. The van der Waals surface area contributed by atoms with Crippen LogP contribution in [0, 0.1) is 12.3 Å². The van der Waals surface area contributed by atoms with Crippen LogP contribution in [-0.2, 0) is 0 Å². The van der Waals surface area contributed by atoms with E-state index in [-0.39, 0.29) is 11.8 Å². The second-order valence-electron chi connectivity index (χ2n) is 6.82. The standard InChI is InChI=1S/C22H25Cl2N5O2/c1-5-29(6-2)21-14-9-13(23)10-17(19(14)27-22(28-21)30-7-3)31-20-15(11-25)16(26)8-12(4)18(20)24/h8-11,25H,5-7,26H2,1-4H3. The maximum atomic E-state index is 7.77. The van der Waals surface area contributed by atoms with Crippen LogP contribution < -0.4 is 20.1 Å². The van der Waals surface area contributed by atoms with Gasteiger partial charge in [0.15, 0.2) is 11.5 Å². The van der Waals surface area contributed by atoms with Crippen molar-refractivity contribution >= 4 is 51.8 Å². The molecule has 0 fully saturated rings. The molecule has 0 spiro atoms. The van der Waals surface area contributed by atoms with Crippen LogP contribution in [0.15, 0.2) is 18.2 Å². The lowest BCUT2D eigenvalue weighted by atomic mass is 10.1. The number of aromatic nitrogens is 2. The maximum Gasteiger partial charge on any atom is 0.319 e. The highest BCUT2D eigenvalue weighted by molar-refractivity contribution is 6.33. The normalized spacial score (nSPS) is 10.9. The van der Waals surface area contributed by atoms with Crippen LogP contribution in [0.3, 0.4) is 0 Å². The maximum absolute atomic E-state index is 7.77. The van der Waals surface area contributed by atoms with E-state index in [0.29, 0.717) is 45.0 Å². The quantitative estimate of drug-likeness (QED) is 0.321. The molecule has 7 nitrogen and oxygen atoms in total. The highest BCUT2D eigenvalue weighted by Crippen LogP contribution is 2.42. The number of hydrogen-bond donors (Lipinski definition) is 2. The van der Waals surface area contributed by atoms with Crippen molar-refractivity contribution in [2.24, 2.45) is 0 Å². The number of halogens is 2. The fourth-order valence-electron chi connectivity index (χ4n) is 3.33. The topological polar surface area (TPSA) is 97.4 Å². The third-order valence-electron chi connectivity index (χ3n) is 4.86. The van der Waals surface area contributed by atoms with E-state index in [1.54, 1.807) is 18.2 Å². The third-order valence-corrected chi connectivity index (χ3v) is 5.54. The van der Waals surface area contributed by atoms with Gasteiger partial charge in [-0.3, -0.25) is 0 Å². The van der Waals surface area contributed by atoms with E-state index in [9.17, 15) is 0 Å². The lowest BCUT2D eigenvalue weighted by Crippen LogP contribution is -2.23. The molecule has 3 rings (SSSR count). The van der Waals surface area contributed by atoms with E-state index in [1.807, 2.05) is 27.7 Å². The molecule has 0 saturated heterocycles. The number of aryl methyl sites for hydroxylation is 1.